The number of benzene rings is 1. The topological polar surface area (TPSA) is 29.9 Å². The Balaban J connectivity index is 1.74. The summed E-state index contributed by atoms with van der Waals surface area (Å²) < 4.78 is 2.37. The summed E-state index contributed by atoms with van der Waals surface area (Å²) in [6.07, 6.45) is 8.47. The zero-order valence-corrected chi connectivity index (χ0v) is 12.0. The van der Waals surface area contributed by atoms with Gasteiger partial charge in [-0.2, -0.15) is 0 Å². The highest BCUT2D eigenvalue weighted by atomic mass is 15.2. The van der Waals surface area contributed by atoms with E-state index in [1.54, 1.807) is 0 Å². The van der Waals surface area contributed by atoms with Crippen molar-refractivity contribution >= 4 is 5.95 Å². The number of aromatic nitrogens is 2. The highest BCUT2D eigenvalue weighted by Gasteiger charge is 2.27. The molecule has 2 aliphatic rings. The molecule has 3 heteroatoms. The van der Waals surface area contributed by atoms with Gasteiger partial charge >= 0.3 is 0 Å². The monoisotopic (exact) mass is 267 g/mol. The van der Waals surface area contributed by atoms with Crippen molar-refractivity contribution in [2.75, 3.05) is 5.32 Å². The third-order valence-corrected chi connectivity index (χ3v) is 4.44. The van der Waals surface area contributed by atoms with Crippen LogP contribution in [-0.2, 0) is 6.42 Å². The number of imidazole rings is 1. The van der Waals surface area contributed by atoms with Crippen molar-refractivity contribution in [2.24, 2.45) is 0 Å². The SMILES string of the molecule is Cc1cn(C2CCCc3ccccc32)c(NC2CC2)n1. The van der Waals surface area contributed by atoms with E-state index in [1.165, 1.54) is 43.2 Å². The molecule has 0 bridgehead atoms. The van der Waals surface area contributed by atoms with Crippen molar-refractivity contribution in [3.8, 4) is 0 Å². The maximum Gasteiger partial charge on any atom is 0.203 e. The number of aryl methyl sites for hydroxylation is 2. The van der Waals surface area contributed by atoms with Gasteiger partial charge in [0.2, 0.25) is 5.95 Å². The van der Waals surface area contributed by atoms with E-state index >= 15 is 0 Å². The number of nitrogens with zero attached hydrogens (tertiary/aromatic N) is 2. The van der Waals surface area contributed by atoms with Crippen LogP contribution < -0.4 is 5.32 Å². The minimum absolute atomic E-state index is 0.447. The standard InChI is InChI=1S/C17H21N3/c1-12-11-20(17(18-12)19-14-9-10-14)16-8-4-6-13-5-2-3-7-15(13)16/h2-3,5,7,11,14,16H,4,6,8-10H2,1H3,(H,18,19). The molecule has 3 nitrogen and oxygen atoms in total. The summed E-state index contributed by atoms with van der Waals surface area (Å²) in [5.41, 5.74) is 4.10. The molecule has 2 aromatic rings. The van der Waals surface area contributed by atoms with Crippen LogP contribution in [0.5, 0.6) is 0 Å². The van der Waals surface area contributed by atoms with Crippen molar-refractivity contribution in [3.05, 3.63) is 47.3 Å². The first-order valence-electron chi connectivity index (χ1n) is 7.71. The summed E-state index contributed by atoms with van der Waals surface area (Å²) in [6, 6.07) is 9.98. The van der Waals surface area contributed by atoms with Gasteiger partial charge < -0.3 is 9.88 Å². The lowest BCUT2D eigenvalue weighted by Gasteiger charge is -2.28. The molecule has 0 saturated heterocycles. The predicted molar refractivity (Wildman–Crippen MR) is 81.1 cm³/mol. The second-order valence-corrected chi connectivity index (χ2v) is 6.14. The van der Waals surface area contributed by atoms with E-state index in [0.29, 0.717) is 12.1 Å². The van der Waals surface area contributed by atoms with Gasteiger partial charge in [-0.3, -0.25) is 0 Å². The van der Waals surface area contributed by atoms with Crippen LogP contribution in [0, 0.1) is 6.92 Å². The highest BCUT2D eigenvalue weighted by molar-refractivity contribution is 5.39. The molecule has 4 rings (SSSR count). The smallest absolute Gasteiger partial charge is 0.203 e. The second-order valence-electron chi connectivity index (χ2n) is 6.14. The minimum Gasteiger partial charge on any atom is -0.353 e. The van der Waals surface area contributed by atoms with E-state index in [9.17, 15) is 0 Å². The zero-order chi connectivity index (χ0) is 13.5. The number of hydrogen-bond acceptors (Lipinski definition) is 2. The molecule has 1 atom stereocenters. The molecule has 1 aromatic carbocycles. The Morgan fingerprint density at radius 2 is 2.05 bits per heavy atom. The van der Waals surface area contributed by atoms with Gasteiger partial charge in [-0.25, -0.2) is 4.98 Å². The van der Waals surface area contributed by atoms with E-state index in [2.05, 4.69) is 47.3 Å². The van der Waals surface area contributed by atoms with Gasteiger partial charge in [0.05, 0.1) is 11.7 Å². The van der Waals surface area contributed by atoms with Crippen LogP contribution in [0.3, 0.4) is 0 Å². The third-order valence-electron chi connectivity index (χ3n) is 4.44. The summed E-state index contributed by atoms with van der Waals surface area (Å²) in [5.74, 6) is 1.06. The summed E-state index contributed by atoms with van der Waals surface area (Å²) in [7, 11) is 0. The number of fused-ring (bicyclic) bond motifs is 1. The van der Waals surface area contributed by atoms with Crippen molar-refractivity contribution in [1.82, 2.24) is 9.55 Å². The molecule has 2 aliphatic carbocycles. The highest BCUT2D eigenvalue weighted by Crippen LogP contribution is 2.35. The second kappa shape index (κ2) is 4.65. The van der Waals surface area contributed by atoms with E-state index in [4.69, 9.17) is 4.98 Å². The van der Waals surface area contributed by atoms with Gasteiger partial charge in [0.1, 0.15) is 0 Å². The summed E-state index contributed by atoms with van der Waals surface area (Å²) >= 11 is 0. The lowest BCUT2D eigenvalue weighted by atomic mass is 9.87. The van der Waals surface area contributed by atoms with Crippen LogP contribution in [0.25, 0.3) is 0 Å². The first kappa shape index (κ1) is 12.0. The van der Waals surface area contributed by atoms with Gasteiger partial charge in [-0.15, -0.1) is 0 Å². The normalized spacial score (nSPS) is 21.6. The van der Waals surface area contributed by atoms with Crippen LogP contribution in [0.15, 0.2) is 30.5 Å². The fourth-order valence-electron chi connectivity index (χ4n) is 3.29. The van der Waals surface area contributed by atoms with E-state index in [-0.39, 0.29) is 0 Å². The molecule has 0 radical (unpaired) electrons. The summed E-state index contributed by atoms with van der Waals surface area (Å²) in [6.45, 7) is 2.09. The van der Waals surface area contributed by atoms with Gasteiger partial charge in [0.25, 0.3) is 0 Å². The van der Waals surface area contributed by atoms with Crippen LogP contribution in [-0.4, -0.2) is 15.6 Å². The average molecular weight is 267 g/mol. The maximum absolute atomic E-state index is 4.69. The molecule has 1 saturated carbocycles. The Morgan fingerprint density at radius 3 is 2.90 bits per heavy atom. The molecule has 20 heavy (non-hydrogen) atoms. The summed E-state index contributed by atoms with van der Waals surface area (Å²) in [4.78, 5) is 4.69. The molecule has 1 fully saturated rings. The maximum atomic E-state index is 4.69. The Bertz CT molecular complexity index is 625. The van der Waals surface area contributed by atoms with Gasteiger partial charge in [-0.05, 0) is 50.2 Å². The predicted octanol–water partition coefficient (Wildman–Crippen LogP) is 3.69. The van der Waals surface area contributed by atoms with Crippen LogP contribution in [0.1, 0.15) is 48.5 Å². The average Bonchev–Trinajstić information content (AvgIpc) is 3.20. The summed E-state index contributed by atoms with van der Waals surface area (Å²) in [5, 5.41) is 3.59. The molecule has 1 N–H and O–H groups in total. The van der Waals surface area contributed by atoms with Gasteiger partial charge in [-0.1, -0.05) is 24.3 Å². The first-order chi connectivity index (χ1) is 9.81. The lowest BCUT2D eigenvalue weighted by molar-refractivity contribution is 0.493. The van der Waals surface area contributed by atoms with Crippen LogP contribution in [0.4, 0.5) is 5.95 Å². The molecule has 104 valence electrons. The van der Waals surface area contributed by atoms with Gasteiger partial charge in [0.15, 0.2) is 0 Å². The molecule has 0 spiro atoms. The van der Waals surface area contributed by atoms with Crippen molar-refractivity contribution in [2.45, 2.75) is 51.1 Å². The molecule has 1 aromatic heterocycles. The first-order valence-corrected chi connectivity index (χ1v) is 7.71. The van der Waals surface area contributed by atoms with Crippen LogP contribution in [0.2, 0.25) is 0 Å². The Kier molecular flexibility index (Phi) is 2.79. The number of rotatable bonds is 3. The fourth-order valence-corrected chi connectivity index (χ4v) is 3.29. The lowest BCUT2D eigenvalue weighted by Crippen LogP contribution is -2.19. The van der Waals surface area contributed by atoms with Crippen molar-refractivity contribution in [3.63, 3.8) is 0 Å². The van der Waals surface area contributed by atoms with Crippen molar-refractivity contribution in [1.29, 1.82) is 0 Å². The number of hydrogen-bond donors (Lipinski definition) is 1. The molecule has 0 amide bonds. The largest absolute Gasteiger partial charge is 0.353 e. The number of anilines is 1. The van der Waals surface area contributed by atoms with E-state index in [0.717, 1.165) is 11.6 Å². The number of nitrogens with one attached hydrogen (secondary N) is 1. The molecule has 1 unspecified atom stereocenters. The van der Waals surface area contributed by atoms with Crippen LogP contribution >= 0.6 is 0 Å². The van der Waals surface area contributed by atoms with Gasteiger partial charge in [0, 0.05) is 12.2 Å². The van der Waals surface area contributed by atoms with Crippen molar-refractivity contribution < 1.29 is 0 Å². The molecule has 0 aliphatic heterocycles. The van der Waals surface area contributed by atoms with E-state index in [1.807, 2.05) is 0 Å². The Hall–Kier alpha value is -1.77. The fraction of sp³-hybridized carbons (Fsp3) is 0.471. The molecule has 1 heterocycles. The zero-order valence-electron chi connectivity index (χ0n) is 12.0. The Morgan fingerprint density at radius 1 is 1.20 bits per heavy atom. The molecular formula is C17H21N3. The molecular weight excluding hydrogens is 246 g/mol. The Labute approximate surface area is 120 Å². The quantitative estimate of drug-likeness (QED) is 0.919. The minimum atomic E-state index is 0.447. The third kappa shape index (κ3) is 2.11. The van der Waals surface area contributed by atoms with E-state index < -0.39 is 0 Å².